The summed E-state index contributed by atoms with van der Waals surface area (Å²) in [4.78, 5) is 6.89. The van der Waals surface area contributed by atoms with Crippen LogP contribution in [-0.4, -0.2) is 64.9 Å². The van der Waals surface area contributed by atoms with Crippen molar-refractivity contribution in [3.8, 4) is 0 Å². The van der Waals surface area contributed by atoms with Gasteiger partial charge in [0.2, 0.25) is 0 Å². The molecule has 2 heterocycles. The first-order chi connectivity index (χ1) is 11.6. The van der Waals surface area contributed by atoms with Crippen LogP contribution >= 0.6 is 0 Å². The van der Waals surface area contributed by atoms with E-state index >= 15 is 0 Å². The molecule has 7 nitrogen and oxygen atoms in total. The molecule has 2 rings (SSSR count). The quantitative estimate of drug-likeness (QED) is 0.577. The lowest BCUT2D eigenvalue weighted by atomic mass is 9.98. The molecule has 0 bridgehead atoms. The van der Waals surface area contributed by atoms with Crippen LogP contribution in [0.2, 0.25) is 0 Å². The smallest absolute Gasteiger partial charge is 0.191 e. The third-order valence-electron chi connectivity index (χ3n) is 4.89. The zero-order valence-electron chi connectivity index (χ0n) is 15.6. The van der Waals surface area contributed by atoms with Crippen LogP contribution in [0.25, 0.3) is 0 Å². The molecule has 7 heteroatoms. The van der Waals surface area contributed by atoms with Crippen molar-refractivity contribution in [3.63, 3.8) is 0 Å². The van der Waals surface area contributed by atoms with E-state index < -0.39 is 0 Å². The van der Waals surface area contributed by atoms with Gasteiger partial charge in [-0.05, 0) is 38.8 Å². The SMILES string of the molecule is CCc1nncn1CCNC(=NC)NCC(C)N1CCC(C)CC1. The molecule has 1 aliphatic rings. The van der Waals surface area contributed by atoms with Crippen LogP contribution in [0, 0.1) is 5.92 Å². The Bertz CT molecular complexity index is 503. The molecule has 1 unspecified atom stereocenters. The lowest BCUT2D eigenvalue weighted by Gasteiger charge is -2.35. The molecular weight excluding hydrogens is 302 g/mol. The van der Waals surface area contributed by atoms with Crippen LogP contribution < -0.4 is 10.6 Å². The van der Waals surface area contributed by atoms with Crippen molar-refractivity contribution in [1.82, 2.24) is 30.3 Å². The van der Waals surface area contributed by atoms with E-state index in [0.29, 0.717) is 6.04 Å². The van der Waals surface area contributed by atoms with Gasteiger partial charge in [-0.15, -0.1) is 10.2 Å². The van der Waals surface area contributed by atoms with Crippen LogP contribution in [0.5, 0.6) is 0 Å². The van der Waals surface area contributed by atoms with E-state index in [2.05, 4.69) is 56.1 Å². The van der Waals surface area contributed by atoms with Gasteiger partial charge in [-0.2, -0.15) is 0 Å². The topological polar surface area (TPSA) is 70.4 Å². The summed E-state index contributed by atoms with van der Waals surface area (Å²) < 4.78 is 2.08. The van der Waals surface area contributed by atoms with Crippen molar-refractivity contribution >= 4 is 5.96 Å². The van der Waals surface area contributed by atoms with Gasteiger partial charge in [-0.1, -0.05) is 13.8 Å². The third-order valence-corrected chi connectivity index (χ3v) is 4.89. The number of rotatable bonds is 7. The predicted octanol–water partition coefficient (Wildman–Crippen LogP) is 1.13. The molecule has 1 atom stereocenters. The summed E-state index contributed by atoms with van der Waals surface area (Å²) in [6.07, 6.45) is 5.32. The largest absolute Gasteiger partial charge is 0.355 e. The van der Waals surface area contributed by atoms with Crippen molar-refractivity contribution < 1.29 is 0 Å². The van der Waals surface area contributed by atoms with E-state index in [1.165, 1.54) is 25.9 Å². The molecule has 1 aliphatic heterocycles. The Morgan fingerprint density at radius 3 is 2.79 bits per heavy atom. The summed E-state index contributed by atoms with van der Waals surface area (Å²) in [6, 6.07) is 0.528. The second-order valence-corrected chi connectivity index (χ2v) is 6.74. The fourth-order valence-corrected chi connectivity index (χ4v) is 3.10. The van der Waals surface area contributed by atoms with Crippen LogP contribution in [0.1, 0.15) is 39.4 Å². The van der Waals surface area contributed by atoms with Crippen molar-refractivity contribution in [2.75, 3.05) is 33.2 Å². The number of nitrogens with zero attached hydrogens (tertiary/aromatic N) is 5. The van der Waals surface area contributed by atoms with Crippen molar-refractivity contribution in [2.45, 2.75) is 52.6 Å². The fraction of sp³-hybridized carbons (Fsp3) is 0.824. The number of aromatic nitrogens is 3. The number of hydrogen-bond donors (Lipinski definition) is 2. The lowest BCUT2D eigenvalue weighted by Crippen LogP contribution is -2.48. The number of nitrogens with one attached hydrogen (secondary N) is 2. The Morgan fingerprint density at radius 2 is 2.12 bits per heavy atom. The van der Waals surface area contributed by atoms with Gasteiger partial charge >= 0.3 is 0 Å². The monoisotopic (exact) mass is 335 g/mol. The molecule has 0 aromatic carbocycles. The highest BCUT2D eigenvalue weighted by Gasteiger charge is 2.20. The van der Waals surface area contributed by atoms with Gasteiger partial charge in [0.25, 0.3) is 0 Å². The third kappa shape index (κ3) is 5.47. The maximum atomic E-state index is 4.31. The van der Waals surface area contributed by atoms with Gasteiger partial charge in [0.1, 0.15) is 12.2 Å². The zero-order valence-corrected chi connectivity index (χ0v) is 15.6. The number of hydrogen-bond acceptors (Lipinski definition) is 4. The van der Waals surface area contributed by atoms with E-state index in [1.54, 1.807) is 6.33 Å². The standard InChI is InChI=1S/C17H33N7/c1-5-16-22-21-13-24(16)11-8-19-17(18-4)20-12-15(3)23-9-6-14(2)7-10-23/h13-15H,5-12H2,1-4H3,(H2,18,19,20). The molecule has 0 aliphatic carbocycles. The maximum Gasteiger partial charge on any atom is 0.191 e. The Hall–Kier alpha value is -1.63. The van der Waals surface area contributed by atoms with E-state index in [1.807, 2.05) is 7.05 Å². The first-order valence-corrected chi connectivity index (χ1v) is 9.19. The molecule has 1 saturated heterocycles. The van der Waals surface area contributed by atoms with E-state index in [9.17, 15) is 0 Å². The highest BCUT2D eigenvalue weighted by atomic mass is 15.3. The van der Waals surface area contributed by atoms with E-state index in [0.717, 1.165) is 43.8 Å². The van der Waals surface area contributed by atoms with Crippen molar-refractivity contribution in [3.05, 3.63) is 12.2 Å². The number of likely N-dealkylation sites (tertiary alicyclic amines) is 1. The summed E-state index contributed by atoms with van der Waals surface area (Å²) in [5.74, 6) is 2.76. The maximum absolute atomic E-state index is 4.31. The predicted molar refractivity (Wildman–Crippen MR) is 98.2 cm³/mol. The second kappa shape index (κ2) is 9.61. The van der Waals surface area contributed by atoms with Gasteiger partial charge in [-0.3, -0.25) is 9.89 Å². The Morgan fingerprint density at radius 1 is 1.38 bits per heavy atom. The van der Waals surface area contributed by atoms with E-state index in [-0.39, 0.29) is 0 Å². The minimum Gasteiger partial charge on any atom is -0.355 e. The summed E-state index contributed by atoms with van der Waals surface area (Å²) in [7, 11) is 1.82. The lowest BCUT2D eigenvalue weighted by molar-refractivity contribution is 0.147. The second-order valence-electron chi connectivity index (χ2n) is 6.74. The highest BCUT2D eigenvalue weighted by molar-refractivity contribution is 5.79. The molecule has 1 aromatic rings. The molecule has 0 radical (unpaired) electrons. The number of guanidine groups is 1. The minimum absolute atomic E-state index is 0.528. The number of aryl methyl sites for hydroxylation is 1. The highest BCUT2D eigenvalue weighted by Crippen LogP contribution is 2.17. The Labute approximate surface area is 145 Å². The molecule has 0 spiro atoms. The zero-order chi connectivity index (χ0) is 17.4. The van der Waals surface area contributed by atoms with E-state index in [4.69, 9.17) is 0 Å². The Kier molecular flexibility index (Phi) is 7.49. The fourth-order valence-electron chi connectivity index (χ4n) is 3.10. The molecule has 24 heavy (non-hydrogen) atoms. The molecule has 2 N–H and O–H groups in total. The van der Waals surface area contributed by atoms with Gasteiger partial charge in [0.05, 0.1) is 0 Å². The van der Waals surface area contributed by atoms with Crippen LogP contribution in [0.3, 0.4) is 0 Å². The van der Waals surface area contributed by atoms with Crippen molar-refractivity contribution in [2.24, 2.45) is 10.9 Å². The molecule has 136 valence electrons. The van der Waals surface area contributed by atoms with Crippen LogP contribution in [0.4, 0.5) is 0 Å². The van der Waals surface area contributed by atoms with Crippen LogP contribution in [-0.2, 0) is 13.0 Å². The minimum atomic E-state index is 0.528. The molecular formula is C17H33N7. The van der Waals surface area contributed by atoms with Gasteiger partial charge in [0.15, 0.2) is 5.96 Å². The first kappa shape index (κ1) is 18.7. The molecule has 1 fully saturated rings. The summed E-state index contributed by atoms with van der Waals surface area (Å²) in [5, 5.41) is 14.9. The number of aliphatic imine (C=N–C) groups is 1. The van der Waals surface area contributed by atoms with Crippen molar-refractivity contribution in [1.29, 1.82) is 0 Å². The number of piperidine rings is 1. The van der Waals surface area contributed by atoms with Gasteiger partial charge < -0.3 is 15.2 Å². The van der Waals surface area contributed by atoms with Gasteiger partial charge in [0, 0.05) is 39.1 Å². The average Bonchev–Trinajstić information content (AvgIpc) is 3.05. The summed E-state index contributed by atoms with van der Waals surface area (Å²) in [6.45, 7) is 11.7. The van der Waals surface area contributed by atoms with Gasteiger partial charge in [-0.25, -0.2) is 0 Å². The normalized spacial score (nSPS) is 18.6. The average molecular weight is 336 g/mol. The Balaban J connectivity index is 1.68. The first-order valence-electron chi connectivity index (χ1n) is 9.19. The molecule has 0 amide bonds. The molecule has 1 aromatic heterocycles. The summed E-state index contributed by atoms with van der Waals surface area (Å²) in [5.41, 5.74) is 0. The van der Waals surface area contributed by atoms with Crippen LogP contribution in [0.15, 0.2) is 11.3 Å². The molecule has 0 saturated carbocycles. The summed E-state index contributed by atoms with van der Waals surface area (Å²) >= 11 is 0.